The minimum atomic E-state index is -0.247. The Morgan fingerprint density at radius 3 is 2.84 bits per heavy atom. The minimum Gasteiger partial charge on any atom is -0.497 e. The van der Waals surface area contributed by atoms with E-state index in [1.54, 1.807) is 12.1 Å². The third-order valence-electron chi connectivity index (χ3n) is 3.96. The Kier molecular flexibility index (Phi) is 5.16. The number of rotatable bonds is 5. The second-order valence-corrected chi connectivity index (χ2v) is 5.17. The Morgan fingerprint density at radius 2 is 2.16 bits per heavy atom. The van der Waals surface area contributed by atoms with Crippen molar-refractivity contribution in [2.75, 3.05) is 13.7 Å². The first-order valence-corrected chi connectivity index (χ1v) is 6.91. The van der Waals surface area contributed by atoms with Crippen molar-refractivity contribution in [2.24, 2.45) is 5.92 Å². The molecule has 0 aliphatic heterocycles. The lowest BCUT2D eigenvalue weighted by molar-refractivity contribution is 0.152. The van der Waals surface area contributed by atoms with Gasteiger partial charge in [-0.1, -0.05) is 18.9 Å². The zero-order chi connectivity index (χ0) is 13.7. The summed E-state index contributed by atoms with van der Waals surface area (Å²) >= 11 is 0. The molecule has 0 spiro atoms. The molecule has 2 rings (SSSR count). The SMILES string of the molecule is COc1ccc(CNC2CCCCC2CO)c(F)c1. The highest BCUT2D eigenvalue weighted by Crippen LogP contribution is 2.24. The van der Waals surface area contributed by atoms with Gasteiger partial charge in [0.15, 0.2) is 0 Å². The van der Waals surface area contributed by atoms with Crippen LogP contribution in [-0.4, -0.2) is 24.9 Å². The van der Waals surface area contributed by atoms with Crippen LogP contribution in [0.15, 0.2) is 18.2 Å². The molecule has 1 aliphatic carbocycles. The molecule has 0 amide bonds. The van der Waals surface area contributed by atoms with Crippen molar-refractivity contribution in [2.45, 2.75) is 38.3 Å². The van der Waals surface area contributed by atoms with Gasteiger partial charge >= 0.3 is 0 Å². The number of hydrogen-bond donors (Lipinski definition) is 2. The van der Waals surface area contributed by atoms with Gasteiger partial charge in [0, 0.05) is 30.8 Å². The summed E-state index contributed by atoms with van der Waals surface area (Å²) in [4.78, 5) is 0. The van der Waals surface area contributed by atoms with Crippen LogP contribution in [0.1, 0.15) is 31.2 Å². The number of nitrogens with one attached hydrogen (secondary N) is 1. The van der Waals surface area contributed by atoms with E-state index in [1.165, 1.54) is 26.0 Å². The van der Waals surface area contributed by atoms with E-state index in [0.29, 0.717) is 29.8 Å². The standard InChI is InChI=1S/C15H22FNO2/c1-19-13-7-6-11(14(16)8-13)9-17-15-5-3-2-4-12(15)10-18/h6-8,12,15,17-18H,2-5,9-10H2,1H3. The van der Waals surface area contributed by atoms with Crippen LogP contribution in [0.5, 0.6) is 5.75 Å². The molecule has 2 unspecified atom stereocenters. The van der Waals surface area contributed by atoms with Crippen molar-refractivity contribution < 1.29 is 14.2 Å². The summed E-state index contributed by atoms with van der Waals surface area (Å²) in [5.74, 6) is 0.588. The van der Waals surface area contributed by atoms with Gasteiger partial charge in [-0.15, -0.1) is 0 Å². The molecule has 106 valence electrons. The zero-order valence-electron chi connectivity index (χ0n) is 11.4. The average molecular weight is 267 g/mol. The third-order valence-corrected chi connectivity index (χ3v) is 3.96. The van der Waals surface area contributed by atoms with Crippen molar-refractivity contribution in [1.82, 2.24) is 5.32 Å². The molecule has 2 atom stereocenters. The highest BCUT2D eigenvalue weighted by atomic mass is 19.1. The van der Waals surface area contributed by atoms with Gasteiger partial charge in [0.2, 0.25) is 0 Å². The van der Waals surface area contributed by atoms with Gasteiger partial charge in [-0.05, 0) is 24.8 Å². The first kappa shape index (κ1) is 14.3. The lowest BCUT2D eigenvalue weighted by Crippen LogP contribution is -2.39. The first-order chi connectivity index (χ1) is 9.24. The van der Waals surface area contributed by atoms with Crippen LogP contribution >= 0.6 is 0 Å². The topological polar surface area (TPSA) is 41.5 Å². The summed E-state index contributed by atoms with van der Waals surface area (Å²) in [6, 6.07) is 5.21. The summed E-state index contributed by atoms with van der Waals surface area (Å²) in [5.41, 5.74) is 0.642. The van der Waals surface area contributed by atoms with E-state index in [1.807, 2.05) is 0 Å². The van der Waals surface area contributed by atoms with Crippen molar-refractivity contribution >= 4 is 0 Å². The molecule has 3 nitrogen and oxygen atoms in total. The number of hydrogen-bond acceptors (Lipinski definition) is 3. The van der Waals surface area contributed by atoms with Crippen LogP contribution in [0, 0.1) is 11.7 Å². The fourth-order valence-corrected chi connectivity index (χ4v) is 2.73. The van der Waals surface area contributed by atoms with Crippen LogP contribution in [0.25, 0.3) is 0 Å². The molecule has 0 aromatic heterocycles. The van der Waals surface area contributed by atoms with E-state index in [2.05, 4.69) is 5.32 Å². The molecule has 1 aromatic rings. The molecule has 1 aliphatic rings. The molecular formula is C15H22FNO2. The van der Waals surface area contributed by atoms with E-state index < -0.39 is 0 Å². The predicted molar refractivity (Wildman–Crippen MR) is 72.6 cm³/mol. The molecule has 1 aromatic carbocycles. The largest absolute Gasteiger partial charge is 0.497 e. The molecule has 19 heavy (non-hydrogen) atoms. The fraction of sp³-hybridized carbons (Fsp3) is 0.600. The molecule has 0 heterocycles. The lowest BCUT2D eigenvalue weighted by atomic mass is 9.85. The Morgan fingerprint density at radius 1 is 1.37 bits per heavy atom. The summed E-state index contributed by atoms with van der Waals surface area (Å²) in [7, 11) is 1.53. The Labute approximate surface area is 113 Å². The van der Waals surface area contributed by atoms with Gasteiger partial charge in [0.05, 0.1) is 7.11 Å². The summed E-state index contributed by atoms with van der Waals surface area (Å²) < 4.78 is 18.8. The molecular weight excluding hydrogens is 245 g/mol. The average Bonchev–Trinajstić information content (AvgIpc) is 2.46. The van der Waals surface area contributed by atoms with Crippen LogP contribution in [0.4, 0.5) is 4.39 Å². The molecule has 0 saturated heterocycles. The van der Waals surface area contributed by atoms with Gasteiger partial charge < -0.3 is 15.2 Å². The third kappa shape index (κ3) is 3.67. The van der Waals surface area contributed by atoms with Crippen LogP contribution in [0.3, 0.4) is 0 Å². The molecule has 1 fully saturated rings. The van der Waals surface area contributed by atoms with Crippen LogP contribution in [-0.2, 0) is 6.54 Å². The smallest absolute Gasteiger partial charge is 0.131 e. The molecule has 4 heteroatoms. The summed E-state index contributed by atoms with van der Waals surface area (Å²) in [6.45, 7) is 0.708. The minimum absolute atomic E-state index is 0.211. The molecule has 1 saturated carbocycles. The second-order valence-electron chi connectivity index (χ2n) is 5.17. The van der Waals surface area contributed by atoms with Crippen molar-refractivity contribution in [1.29, 1.82) is 0 Å². The zero-order valence-corrected chi connectivity index (χ0v) is 11.4. The van der Waals surface area contributed by atoms with Crippen LogP contribution in [0.2, 0.25) is 0 Å². The van der Waals surface area contributed by atoms with Crippen molar-refractivity contribution in [3.05, 3.63) is 29.6 Å². The fourth-order valence-electron chi connectivity index (χ4n) is 2.73. The van der Waals surface area contributed by atoms with E-state index in [0.717, 1.165) is 12.8 Å². The summed E-state index contributed by atoms with van der Waals surface area (Å²) in [5, 5.41) is 12.7. The number of benzene rings is 1. The first-order valence-electron chi connectivity index (χ1n) is 6.91. The number of ether oxygens (including phenoxy) is 1. The van der Waals surface area contributed by atoms with Crippen molar-refractivity contribution in [3.63, 3.8) is 0 Å². The molecule has 2 N–H and O–H groups in total. The Bertz CT molecular complexity index is 411. The van der Waals surface area contributed by atoms with Gasteiger partial charge in [-0.25, -0.2) is 4.39 Å². The van der Waals surface area contributed by atoms with Crippen molar-refractivity contribution in [3.8, 4) is 5.75 Å². The normalized spacial score (nSPS) is 23.3. The highest BCUT2D eigenvalue weighted by Gasteiger charge is 2.24. The van der Waals surface area contributed by atoms with E-state index in [4.69, 9.17) is 4.74 Å². The number of halogens is 1. The second kappa shape index (κ2) is 6.87. The lowest BCUT2D eigenvalue weighted by Gasteiger charge is -2.31. The number of aliphatic hydroxyl groups excluding tert-OH is 1. The quantitative estimate of drug-likeness (QED) is 0.861. The van der Waals surface area contributed by atoms with Crippen LogP contribution < -0.4 is 10.1 Å². The van der Waals surface area contributed by atoms with Gasteiger partial charge in [0.1, 0.15) is 11.6 Å². The van der Waals surface area contributed by atoms with Gasteiger partial charge in [-0.3, -0.25) is 0 Å². The molecule has 0 radical (unpaired) electrons. The molecule has 0 bridgehead atoms. The van der Waals surface area contributed by atoms with E-state index in [9.17, 15) is 9.50 Å². The van der Waals surface area contributed by atoms with Gasteiger partial charge in [-0.2, -0.15) is 0 Å². The highest BCUT2D eigenvalue weighted by molar-refractivity contribution is 5.28. The predicted octanol–water partition coefficient (Wildman–Crippen LogP) is 2.48. The maximum atomic E-state index is 13.8. The number of methoxy groups -OCH3 is 1. The monoisotopic (exact) mass is 267 g/mol. The van der Waals surface area contributed by atoms with E-state index in [-0.39, 0.29) is 12.4 Å². The van der Waals surface area contributed by atoms with Gasteiger partial charge in [0.25, 0.3) is 0 Å². The van der Waals surface area contributed by atoms with E-state index >= 15 is 0 Å². The maximum Gasteiger partial charge on any atom is 0.131 e. The Hall–Kier alpha value is -1.13. The Balaban J connectivity index is 1.94. The number of aliphatic hydroxyl groups is 1. The maximum absolute atomic E-state index is 13.8. The summed E-state index contributed by atoms with van der Waals surface area (Å²) in [6.07, 6.45) is 4.47.